The molecule has 2 atom stereocenters. The van der Waals surface area contributed by atoms with Gasteiger partial charge in [0.1, 0.15) is 5.75 Å². The Bertz CT molecular complexity index is 987. The SMILES string of the molecule is COc1c(Cl)cccc1CN1CCN(C2CCC23CCNCC3)C(c2ccccc2C(C)C)C1. The van der Waals surface area contributed by atoms with Crippen molar-refractivity contribution in [1.29, 1.82) is 0 Å². The van der Waals surface area contributed by atoms with E-state index >= 15 is 0 Å². The first kappa shape index (κ1) is 24.1. The van der Waals surface area contributed by atoms with Crippen LogP contribution in [0.2, 0.25) is 5.02 Å². The van der Waals surface area contributed by atoms with Crippen LogP contribution in [0.3, 0.4) is 0 Å². The van der Waals surface area contributed by atoms with Gasteiger partial charge in [0, 0.05) is 43.8 Å². The van der Waals surface area contributed by atoms with E-state index in [2.05, 4.69) is 59.3 Å². The van der Waals surface area contributed by atoms with Gasteiger partial charge in [-0.25, -0.2) is 0 Å². The maximum absolute atomic E-state index is 6.44. The fraction of sp³-hybridized carbons (Fsp3) is 0.586. The van der Waals surface area contributed by atoms with E-state index < -0.39 is 0 Å². The highest BCUT2D eigenvalue weighted by Gasteiger charge is 2.51. The quantitative estimate of drug-likeness (QED) is 0.559. The van der Waals surface area contributed by atoms with E-state index in [0.29, 0.717) is 28.4 Å². The van der Waals surface area contributed by atoms with Crippen molar-refractivity contribution < 1.29 is 4.74 Å². The average Bonchev–Trinajstić information content (AvgIpc) is 2.85. The van der Waals surface area contributed by atoms with Crippen LogP contribution in [0, 0.1) is 5.41 Å². The summed E-state index contributed by atoms with van der Waals surface area (Å²) in [5, 5.41) is 4.30. The van der Waals surface area contributed by atoms with E-state index in [9.17, 15) is 0 Å². The van der Waals surface area contributed by atoms with Gasteiger partial charge in [0.2, 0.25) is 0 Å². The van der Waals surface area contributed by atoms with Crippen molar-refractivity contribution in [2.75, 3.05) is 39.8 Å². The number of halogens is 1. The number of rotatable bonds is 6. The van der Waals surface area contributed by atoms with Crippen LogP contribution in [0.4, 0.5) is 0 Å². The van der Waals surface area contributed by atoms with Gasteiger partial charge in [-0.1, -0.05) is 61.8 Å². The first-order chi connectivity index (χ1) is 16.5. The molecule has 3 aliphatic rings. The molecule has 1 N–H and O–H groups in total. The summed E-state index contributed by atoms with van der Waals surface area (Å²) in [5.74, 6) is 1.34. The molecule has 0 radical (unpaired) electrons. The Hall–Kier alpha value is -1.59. The molecule has 0 aromatic heterocycles. The highest BCUT2D eigenvalue weighted by Crippen LogP contribution is 2.53. The van der Waals surface area contributed by atoms with E-state index in [-0.39, 0.29) is 0 Å². The molecular formula is C29H40ClN3O. The summed E-state index contributed by atoms with van der Waals surface area (Å²) >= 11 is 6.44. The van der Waals surface area contributed by atoms with Crippen molar-refractivity contribution in [2.45, 2.75) is 64.1 Å². The van der Waals surface area contributed by atoms with Crippen LogP contribution in [-0.2, 0) is 6.54 Å². The maximum atomic E-state index is 6.44. The minimum atomic E-state index is 0.426. The van der Waals surface area contributed by atoms with Crippen molar-refractivity contribution in [1.82, 2.24) is 15.1 Å². The molecule has 2 unspecified atom stereocenters. The van der Waals surface area contributed by atoms with Gasteiger partial charge < -0.3 is 10.1 Å². The lowest BCUT2D eigenvalue weighted by atomic mass is 9.58. The van der Waals surface area contributed by atoms with Crippen molar-refractivity contribution >= 4 is 11.6 Å². The lowest BCUT2D eigenvalue weighted by molar-refractivity contribution is -0.0906. The Morgan fingerprint density at radius 2 is 1.85 bits per heavy atom. The van der Waals surface area contributed by atoms with E-state index in [1.165, 1.54) is 55.5 Å². The Morgan fingerprint density at radius 3 is 2.56 bits per heavy atom. The molecule has 2 heterocycles. The number of ether oxygens (including phenoxy) is 1. The number of hydrogen-bond acceptors (Lipinski definition) is 4. The Balaban J connectivity index is 1.44. The van der Waals surface area contributed by atoms with E-state index in [0.717, 1.165) is 31.9 Å². The first-order valence-electron chi connectivity index (χ1n) is 13.1. The third kappa shape index (κ3) is 4.51. The zero-order chi connectivity index (χ0) is 23.7. The molecule has 2 aliphatic heterocycles. The third-order valence-corrected chi connectivity index (χ3v) is 9.05. The largest absolute Gasteiger partial charge is 0.495 e. The molecule has 1 saturated carbocycles. The van der Waals surface area contributed by atoms with Crippen LogP contribution in [0.5, 0.6) is 5.75 Å². The summed E-state index contributed by atoms with van der Waals surface area (Å²) < 4.78 is 5.67. The predicted octanol–water partition coefficient (Wildman–Crippen LogP) is 5.86. The van der Waals surface area contributed by atoms with Gasteiger partial charge in [0.25, 0.3) is 0 Å². The summed E-state index contributed by atoms with van der Waals surface area (Å²) in [5.41, 5.74) is 4.72. The monoisotopic (exact) mass is 481 g/mol. The minimum Gasteiger partial charge on any atom is -0.495 e. The number of methoxy groups -OCH3 is 1. The summed E-state index contributed by atoms with van der Waals surface area (Å²) in [4.78, 5) is 5.52. The van der Waals surface area contributed by atoms with Gasteiger partial charge in [-0.15, -0.1) is 0 Å². The second-order valence-electron chi connectivity index (χ2n) is 10.9. The molecule has 5 rings (SSSR count). The Morgan fingerprint density at radius 1 is 1.06 bits per heavy atom. The topological polar surface area (TPSA) is 27.7 Å². The van der Waals surface area contributed by atoms with E-state index in [4.69, 9.17) is 16.3 Å². The minimum absolute atomic E-state index is 0.426. The van der Waals surface area contributed by atoms with Gasteiger partial charge in [0.05, 0.1) is 12.1 Å². The van der Waals surface area contributed by atoms with Crippen LogP contribution in [0.1, 0.15) is 68.2 Å². The first-order valence-corrected chi connectivity index (χ1v) is 13.5. The third-order valence-electron chi connectivity index (χ3n) is 8.75. The van der Waals surface area contributed by atoms with E-state index in [1.807, 2.05) is 12.1 Å². The molecule has 4 nitrogen and oxygen atoms in total. The maximum Gasteiger partial charge on any atom is 0.141 e. The molecule has 0 amide bonds. The number of nitrogens with one attached hydrogen (secondary N) is 1. The van der Waals surface area contributed by atoms with Crippen molar-refractivity contribution in [3.8, 4) is 5.75 Å². The fourth-order valence-corrected chi connectivity index (χ4v) is 7.11. The Kier molecular flexibility index (Phi) is 7.22. The smallest absolute Gasteiger partial charge is 0.141 e. The summed E-state index contributed by atoms with van der Waals surface area (Å²) in [7, 11) is 1.72. The molecule has 1 aliphatic carbocycles. The summed E-state index contributed by atoms with van der Waals surface area (Å²) in [6, 6.07) is 16.4. The number of hydrogen-bond donors (Lipinski definition) is 1. The molecule has 184 valence electrons. The second kappa shape index (κ2) is 10.2. The molecular weight excluding hydrogens is 442 g/mol. The number of benzene rings is 2. The number of piperazine rings is 1. The molecule has 2 aromatic carbocycles. The van der Waals surface area contributed by atoms with Crippen LogP contribution < -0.4 is 10.1 Å². The molecule has 5 heteroatoms. The van der Waals surface area contributed by atoms with Gasteiger partial charge in [-0.3, -0.25) is 9.80 Å². The van der Waals surface area contributed by atoms with Gasteiger partial charge in [0.15, 0.2) is 0 Å². The highest BCUT2D eigenvalue weighted by molar-refractivity contribution is 6.32. The standard InChI is InChI=1S/C29H40ClN3O/c1-21(2)23-8-4-5-9-24(23)26-20-32(19-22-7-6-10-25(30)28(22)34-3)17-18-33(26)27-11-12-29(27)13-15-31-16-14-29/h4-10,21,26-27,31H,11-20H2,1-3H3. The zero-order valence-electron chi connectivity index (χ0n) is 21.0. The van der Waals surface area contributed by atoms with Gasteiger partial charge >= 0.3 is 0 Å². The second-order valence-corrected chi connectivity index (χ2v) is 11.3. The molecule has 0 bridgehead atoms. The number of para-hydroxylation sites is 1. The normalized spacial score (nSPS) is 25.4. The molecule has 3 fully saturated rings. The zero-order valence-corrected chi connectivity index (χ0v) is 21.8. The molecule has 34 heavy (non-hydrogen) atoms. The van der Waals surface area contributed by atoms with Crippen LogP contribution in [0.15, 0.2) is 42.5 Å². The molecule has 2 saturated heterocycles. The predicted molar refractivity (Wildman–Crippen MR) is 141 cm³/mol. The molecule has 2 aromatic rings. The lowest BCUT2D eigenvalue weighted by Crippen LogP contribution is -2.63. The van der Waals surface area contributed by atoms with Crippen LogP contribution >= 0.6 is 11.6 Å². The van der Waals surface area contributed by atoms with Crippen LogP contribution in [-0.4, -0.2) is 55.7 Å². The fourth-order valence-electron chi connectivity index (χ4n) is 6.84. The van der Waals surface area contributed by atoms with Gasteiger partial charge in [-0.2, -0.15) is 0 Å². The average molecular weight is 482 g/mol. The van der Waals surface area contributed by atoms with Crippen molar-refractivity contribution in [3.05, 3.63) is 64.2 Å². The van der Waals surface area contributed by atoms with E-state index in [1.54, 1.807) is 7.11 Å². The lowest BCUT2D eigenvalue weighted by Gasteiger charge is -2.60. The van der Waals surface area contributed by atoms with Crippen molar-refractivity contribution in [2.24, 2.45) is 5.41 Å². The summed E-state index contributed by atoms with van der Waals surface area (Å²) in [6.45, 7) is 11.1. The van der Waals surface area contributed by atoms with Crippen LogP contribution in [0.25, 0.3) is 0 Å². The molecule has 1 spiro atoms. The Labute approximate surface area is 210 Å². The summed E-state index contributed by atoms with van der Waals surface area (Å²) in [6.07, 6.45) is 5.41. The number of piperidine rings is 1. The number of nitrogens with zero attached hydrogens (tertiary/aromatic N) is 2. The van der Waals surface area contributed by atoms with Gasteiger partial charge in [-0.05, 0) is 67.3 Å². The van der Waals surface area contributed by atoms with Crippen molar-refractivity contribution in [3.63, 3.8) is 0 Å². The highest BCUT2D eigenvalue weighted by atomic mass is 35.5.